The van der Waals surface area contributed by atoms with Crippen molar-refractivity contribution in [1.82, 2.24) is 9.47 Å². The third-order valence-electron chi connectivity index (χ3n) is 3.71. The Labute approximate surface area is 138 Å². The average Bonchev–Trinajstić information content (AvgIpc) is 2.91. The Bertz CT molecular complexity index is 771. The molecule has 128 valence electrons. The molecule has 0 aliphatic rings. The molecule has 0 saturated heterocycles. The molecule has 1 aromatic carbocycles. The van der Waals surface area contributed by atoms with Gasteiger partial charge in [-0.1, -0.05) is 6.92 Å². The van der Waals surface area contributed by atoms with E-state index in [2.05, 4.69) is 0 Å². The van der Waals surface area contributed by atoms with Gasteiger partial charge < -0.3 is 14.6 Å². The van der Waals surface area contributed by atoms with Crippen molar-refractivity contribution in [1.29, 1.82) is 0 Å². The van der Waals surface area contributed by atoms with Crippen molar-refractivity contribution in [3.63, 3.8) is 0 Å². The molecule has 0 spiro atoms. The topological polar surface area (TPSA) is 62.5 Å². The molecule has 24 heavy (non-hydrogen) atoms. The molecule has 0 atom stereocenters. The molecule has 0 radical (unpaired) electrons. The van der Waals surface area contributed by atoms with Crippen LogP contribution < -0.4 is 0 Å². The fraction of sp³-hybridized carbons (Fsp3) is 0.294. The van der Waals surface area contributed by atoms with Crippen molar-refractivity contribution in [2.45, 2.75) is 19.9 Å². The van der Waals surface area contributed by atoms with Crippen LogP contribution in [-0.2, 0) is 13.6 Å². The SMILES string of the molecule is CCCN(Cc1cc(F)ccc1F)C(=O)c1ccc(C(=O)O)n1C. The lowest BCUT2D eigenvalue weighted by Crippen LogP contribution is -2.33. The van der Waals surface area contributed by atoms with E-state index in [0.29, 0.717) is 13.0 Å². The van der Waals surface area contributed by atoms with Gasteiger partial charge in [0.2, 0.25) is 0 Å². The molecule has 0 saturated carbocycles. The second kappa shape index (κ2) is 7.25. The summed E-state index contributed by atoms with van der Waals surface area (Å²) in [6.07, 6.45) is 0.624. The molecule has 0 aliphatic heterocycles. The summed E-state index contributed by atoms with van der Waals surface area (Å²) in [6, 6.07) is 5.84. The van der Waals surface area contributed by atoms with E-state index in [4.69, 9.17) is 5.11 Å². The van der Waals surface area contributed by atoms with Crippen LogP contribution in [0.5, 0.6) is 0 Å². The third-order valence-corrected chi connectivity index (χ3v) is 3.71. The lowest BCUT2D eigenvalue weighted by atomic mass is 10.1. The van der Waals surface area contributed by atoms with Crippen molar-refractivity contribution >= 4 is 11.9 Å². The fourth-order valence-electron chi connectivity index (χ4n) is 2.50. The van der Waals surface area contributed by atoms with Crippen LogP contribution in [-0.4, -0.2) is 33.0 Å². The number of hydrogen-bond donors (Lipinski definition) is 1. The molecule has 2 rings (SSSR count). The van der Waals surface area contributed by atoms with E-state index in [-0.39, 0.29) is 23.5 Å². The Morgan fingerprint density at radius 3 is 2.42 bits per heavy atom. The first-order valence-corrected chi connectivity index (χ1v) is 7.47. The van der Waals surface area contributed by atoms with Gasteiger partial charge in [0.25, 0.3) is 5.91 Å². The second-order valence-electron chi connectivity index (χ2n) is 5.43. The second-order valence-corrected chi connectivity index (χ2v) is 5.43. The number of benzene rings is 1. The van der Waals surface area contributed by atoms with Gasteiger partial charge in [-0.2, -0.15) is 0 Å². The molecule has 1 aromatic heterocycles. The summed E-state index contributed by atoms with van der Waals surface area (Å²) in [5.41, 5.74) is 0.230. The molecule has 1 heterocycles. The number of carbonyl (C=O) groups is 2. The lowest BCUT2D eigenvalue weighted by Gasteiger charge is -2.23. The maximum atomic E-state index is 13.8. The van der Waals surface area contributed by atoms with E-state index >= 15 is 0 Å². The summed E-state index contributed by atoms with van der Waals surface area (Å²) in [5, 5.41) is 9.07. The molecule has 0 fully saturated rings. The molecular weight excluding hydrogens is 318 g/mol. The third kappa shape index (κ3) is 3.61. The molecule has 5 nitrogen and oxygen atoms in total. The number of carboxylic acid groups (broad SMARTS) is 1. The number of halogens is 2. The number of carbonyl (C=O) groups excluding carboxylic acids is 1. The summed E-state index contributed by atoms with van der Waals surface area (Å²) in [5.74, 6) is -2.75. The van der Waals surface area contributed by atoms with Crippen LogP contribution in [0, 0.1) is 11.6 Å². The van der Waals surface area contributed by atoms with Crippen LogP contribution in [0.2, 0.25) is 0 Å². The smallest absolute Gasteiger partial charge is 0.352 e. The zero-order chi connectivity index (χ0) is 17.9. The number of aromatic nitrogens is 1. The first-order chi connectivity index (χ1) is 11.3. The number of amides is 1. The lowest BCUT2D eigenvalue weighted by molar-refractivity contribution is 0.0685. The minimum atomic E-state index is -1.14. The fourth-order valence-corrected chi connectivity index (χ4v) is 2.50. The van der Waals surface area contributed by atoms with E-state index in [1.807, 2.05) is 6.92 Å². The number of aromatic carboxylic acids is 1. The van der Waals surface area contributed by atoms with Gasteiger partial charge in [0, 0.05) is 25.7 Å². The first-order valence-electron chi connectivity index (χ1n) is 7.47. The number of hydrogen-bond acceptors (Lipinski definition) is 2. The highest BCUT2D eigenvalue weighted by Crippen LogP contribution is 2.16. The van der Waals surface area contributed by atoms with Crippen molar-refractivity contribution in [2.75, 3.05) is 6.54 Å². The van der Waals surface area contributed by atoms with Crippen LogP contribution in [0.4, 0.5) is 8.78 Å². The molecule has 1 amide bonds. The number of carboxylic acids is 1. The Morgan fingerprint density at radius 1 is 1.17 bits per heavy atom. The molecule has 7 heteroatoms. The zero-order valence-corrected chi connectivity index (χ0v) is 13.4. The molecule has 0 bridgehead atoms. The van der Waals surface area contributed by atoms with Crippen molar-refractivity contribution < 1.29 is 23.5 Å². The summed E-state index contributed by atoms with van der Waals surface area (Å²) in [4.78, 5) is 25.2. The number of nitrogens with zero attached hydrogens (tertiary/aromatic N) is 2. The van der Waals surface area contributed by atoms with Gasteiger partial charge in [-0.25, -0.2) is 13.6 Å². The Balaban J connectivity index is 2.31. The van der Waals surface area contributed by atoms with Gasteiger partial charge in [-0.15, -0.1) is 0 Å². The van der Waals surface area contributed by atoms with E-state index in [0.717, 1.165) is 18.2 Å². The Kier molecular flexibility index (Phi) is 5.33. The normalized spacial score (nSPS) is 10.7. The quantitative estimate of drug-likeness (QED) is 0.882. The minimum absolute atomic E-state index is 0.0215. The summed E-state index contributed by atoms with van der Waals surface area (Å²) in [7, 11) is 1.48. The largest absolute Gasteiger partial charge is 0.477 e. The Morgan fingerprint density at radius 2 is 1.83 bits per heavy atom. The van der Waals surface area contributed by atoms with E-state index in [1.54, 1.807) is 0 Å². The summed E-state index contributed by atoms with van der Waals surface area (Å²) >= 11 is 0. The minimum Gasteiger partial charge on any atom is -0.477 e. The highest BCUT2D eigenvalue weighted by atomic mass is 19.1. The standard InChI is InChI=1S/C17H18F2N2O3/c1-3-8-21(10-11-9-12(18)4-5-13(11)19)16(22)14-6-7-15(17(23)24)20(14)2/h4-7,9H,3,8,10H2,1-2H3,(H,23,24). The van der Waals surface area contributed by atoms with Gasteiger partial charge in [-0.05, 0) is 36.8 Å². The molecular formula is C17H18F2N2O3. The van der Waals surface area contributed by atoms with E-state index in [1.165, 1.54) is 28.6 Å². The van der Waals surface area contributed by atoms with Crippen LogP contribution >= 0.6 is 0 Å². The monoisotopic (exact) mass is 336 g/mol. The molecule has 2 aromatic rings. The van der Waals surface area contributed by atoms with Gasteiger partial charge in [0.15, 0.2) is 0 Å². The van der Waals surface area contributed by atoms with Crippen molar-refractivity contribution in [2.24, 2.45) is 7.05 Å². The summed E-state index contributed by atoms with van der Waals surface area (Å²) in [6.45, 7) is 2.10. The van der Waals surface area contributed by atoms with Gasteiger partial charge >= 0.3 is 5.97 Å². The van der Waals surface area contributed by atoms with E-state index in [9.17, 15) is 18.4 Å². The maximum Gasteiger partial charge on any atom is 0.352 e. The predicted molar refractivity (Wildman–Crippen MR) is 83.8 cm³/mol. The van der Waals surface area contributed by atoms with Gasteiger partial charge in [0.1, 0.15) is 23.0 Å². The summed E-state index contributed by atoms with van der Waals surface area (Å²) < 4.78 is 28.4. The highest BCUT2D eigenvalue weighted by Gasteiger charge is 2.22. The molecule has 0 aliphatic carbocycles. The van der Waals surface area contributed by atoms with Crippen molar-refractivity contribution in [3.8, 4) is 0 Å². The van der Waals surface area contributed by atoms with Crippen LogP contribution in [0.3, 0.4) is 0 Å². The Hall–Kier alpha value is -2.70. The first kappa shape index (κ1) is 17.7. The van der Waals surface area contributed by atoms with Crippen LogP contribution in [0.25, 0.3) is 0 Å². The predicted octanol–water partition coefficient (Wildman–Crippen LogP) is 3.05. The molecule has 1 N–H and O–H groups in total. The zero-order valence-electron chi connectivity index (χ0n) is 13.4. The maximum absolute atomic E-state index is 13.8. The van der Waals surface area contributed by atoms with Crippen molar-refractivity contribution in [3.05, 3.63) is 58.9 Å². The van der Waals surface area contributed by atoms with Gasteiger partial charge in [0.05, 0.1) is 0 Å². The average molecular weight is 336 g/mol. The number of rotatable bonds is 6. The van der Waals surface area contributed by atoms with Crippen LogP contribution in [0.15, 0.2) is 30.3 Å². The highest BCUT2D eigenvalue weighted by molar-refractivity contribution is 5.95. The van der Waals surface area contributed by atoms with Gasteiger partial charge in [-0.3, -0.25) is 4.79 Å². The molecule has 0 unspecified atom stereocenters. The van der Waals surface area contributed by atoms with Crippen LogP contribution in [0.1, 0.15) is 39.9 Å². The van der Waals surface area contributed by atoms with E-state index < -0.39 is 23.5 Å².